The van der Waals surface area contributed by atoms with Crippen molar-refractivity contribution in [3.05, 3.63) is 29.3 Å². The summed E-state index contributed by atoms with van der Waals surface area (Å²) in [7, 11) is 1.88. The minimum absolute atomic E-state index is 0.0197. The summed E-state index contributed by atoms with van der Waals surface area (Å²) in [5, 5.41) is 6.25. The van der Waals surface area contributed by atoms with E-state index in [1.807, 2.05) is 32.2 Å². The van der Waals surface area contributed by atoms with Crippen LogP contribution in [0.5, 0.6) is 0 Å². The summed E-state index contributed by atoms with van der Waals surface area (Å²) in [6, 6.07) is 6.00. The Morgan fingerprint density at radius 3 is 2.75 bits per heavy atom. The Morgan fingerprint density at radius 1 is 1.30 bits per heavy atom. The lowest BCUT2D eigenvalue weighted by Crippen LogP contribution is -2.41. The van der Waals surface area contributed by atoms with Crippen LogP contribution in [0.1, 0.15) is 35.2 Å². The van der Waals surface area contributed by atoms with Crippen molar-refractivity contribution >= 4 is 11.6 Å². The smallest absolute Gasteiger partial charge is 0.251 e. The number of rotatable bonds is 4. The zero-order valence-corrected chi connectivity index (χ0v) is 12.1. The van der Waals surface area contributed by atoms with Crippen LogP contribution in [0.2, 0.25) is 0 Å². The van der Waals surface area contributed by atoms with Gasteiger partial charge in [-0.1, -0.05) is 0 Å². The average molecular weight is 274 g/mol. The summed E-state index contributed by atoms with van der Waals surface area (Å²) in [6.45, 7) is 2.74. The van der Waals surface area contributed by atoms with E-state index in [4.69, 9.17) is 4.74 Å². The second-order valence-corrected chi connectivity index (χ2v) is 5.82. The lowest BCUT2D eigenvalue weighted by molar-refractivity contribution is 0.0729. The Hall–Kier alpha value is -1.55. The fourth-order valence-corrected chi connectivity index (χ4v) is 2.98. The lowest BCUT2D eigenvalue weighted by atomic mass is 10.0. The lowest BCUT2D eigenvalue weighted by Gasteiger charge is -2.20. The topological polar surface area (TPSA) is 50.4 Å². The molecule has 2 fully saturated rings. The van der Waals surface area contributed by atoms with Crippen LogP contribution in [0.4, 0.5) is 5.69 Å². The van der Waals surface area contributed by atoms with Crippen molar-refractivity contribution in [3.63, 3.8) is 0 Å². The van der Waals surface area contributed by atoms with E-state index in [1.54, 1.807) is 0 Å². The standard InChI is InChI=1S/C16H22N2O2/c1-10-9-12(17-2)5-6-13(10)16(19)18-14-7-8-20-15(14)11-3-4-11/h5-6,9,11,14-15,17H,3-4,7-8H2,1-2H3,(H,18,19). The second-order valence-electron chi connectivity index (χ2n) is 5.82. The second kappa shape index (κ2) is 5.44. The Labute approximate surface area is 119 Å². The molecule has 2 unspecified atom stereocenters. The van der Waals surface area contributed by atoms with Crippen molar-refractivity contribution in [2.24, 2.45) is 5.92 Å². The molecule has 0 spiro atoms. The fourth-order valence-electron chi connectivity index (χ4n) is 2.98. The largest absolute Gasteiger partial charge is 0.388 e. The maximum Gasteiger partial charge on any atom is 0.251 e. The van der Waals surface area contributed by atoms with Gasteiger partial charge in [0.2, 0.25) is 0 Å². The number of ether oxygens (including phenoxy) is 1. The van der Waals surface area contributed by atoms with Crippen LogP contribution < -0.4 is 10.6 Å². The van der Waals surface area contributed by atoms with E-state index >= 15 is 0 Å². The van der Waals surface area contributed by atoms with Gasteiger partial charge >= 0.3 is 0 Å². The quantitative estimate of drug-likeness (QED) is 0.886. The monoisotopic (exact) mass is 274 g/mol. The van der Waals surface area contributed by atoms with E-state index in [0.29, 0.717) is 5.92 Å². The molecule has 1 aliphatic heterocycles. The highest BCUT2D eigenvalue weighted by Crippen LogP contribution is 2.38. The van der Waals surface area contributed by atoms with Gasteiger partial charge in [-0.3, -0.25) is 4.79 Å². The van der Waals surface area contributed by atoms with Crippen molar-refractivity contribution in [2.45, 2.75) is 38.3 Å². The summed E-state index contributed by atoms with van der Waals surface area (Å²) < 4.78 is 5.77. The Balaban J connectivity index is 1.69. The molecule has 20 heavy (non-hydrogen) atoms. The van der Waals surface area contributed by atoms with Gasteiger partial charge in [0, 0.05) is 24.9 Å². The van der Waals surface area contributed by atoms with Crippen molar-refractivity contribution in [1.82, 2.24) is 5.32 Å². The van der Waals surface area contributed by atoms with Crippen LogP contribution >= 0.6 is 0 Å². The van der Waals surface area contributed by atoms with Gasteiger partial charge in [-0.2, -0.15) is 0 Å². The van der Waals surface area contributed by atoms with Gasteiger partial charge in [-0.15, -0.1) is 0 Å². The molecule has 4 nitrogen and oxygen atoms in total. The number of benzene rings is 1. The van der Waals surface area contributed by atoms with E-state index in [2.05, 4.69) is 10.6 Å². The summed E-state index contributed by atoms with van der Waals surface area (Å²) in [4.78, 5) is 12.4. The van der Waals surface area contributed by atoms with E-state index < -0.39 is 0 Å². The number of anilines is 1. The van der Waals surface area contributed by atoms with E-state index in [-0.39, 0.29) is 18.1 Å². The van der Waals surface area contributed by atoms with Gasteiger partial charge in [0.05, 0.1) is 12.1 Å². The first-order valence-corrected chi connectivity index (χ1v) is 7.40. The molecule has 1 aromatic rings. The summed E-state index contributed by atoms with van der Waals surface area (Å²) in [6.07, 6.45) is 3.65. The minimum atomic E-state index is 0.0197. The first-order chi connectivity index (χ1) is 9.69. The molecule has 0 bridgehead atoms. The highest BCUT2D eigenvalue weighted by molar-refractivity contribution is 5.96. The molecule has 4 heteroatoms. The van der Waals surface area contributed by atoms with E-state index in [1.165, 1.54) is 12.8 Å². The number of hydrogen-bond donors (Lipinski definition) is 2. The molecule has 1 aromatic carbocycles. The zero-order chi connectivity index (χ0) is 14.1. The molecule has 2 aliphatic rings. The van der Waals surface area contributed by atoms with Gasteiger partial charge < -0.3 is 15.4 Å². The predicted octanol–water partition coefficient (Wildman–Crippen LogP) is 2.33. The van der Waals surface area contributed by atoms with Gasteiger partial charge in [0.15, 0.2) is 0 Å². The van der Waals surface area contributed by atoms with Crippen LogP contribution in [0.15, 0.2) is 18.2 Å². The fraction of sp³-hybridized carbons (Fsp3) is 0.562. The summed E-state index contributed by atoms with van der Waals surface area (Å²) in [5.41, 5.74) is 2.78. The number of nitrogens with one attached hydrogen (secondary N) is 2. The third-order valence-corrected chi connectivity index (χ3v) is 4.30. The van der Waals surface area contributed by atoms with Crippen molar-refractivity contribution in [2.75, 3.05) is 19.0 Å². The molecule has 2 atom stereocenters. The number of carbonyl (C=O) groups is 1. The molecule has 0 radical (unpaired) electrons. The molecular weight excluding hydrogens is 252 g/mol. The van der Waals surface area contributed by atoms with Gasteiger partial charge in [0.25, 0.3) is 5.91 Å². The molecular formula is C16H22N2O2. The van der Waals surface area contributed by atoms with Crippen LogP contribution in [0.25, 0.3) is 0 Å². The average Bonchev–Trinajstić information content (AvgIpc) is 3.19. The summed E-state index contributed by atoms with van der Waals surface area (Å²) >= 11 is 0. The maximum atomic E-state index is 12.4. The Bertz CT molecular complexity index is 511. The summed E-state index contributed by atoms with van der Waals surface area (Å²) in [5.74, 6) is 0.682. The first kappa shape index (κ1) is 13.4. The van der Waals surface area contributed by atoms with Crippen molar-refractivity contribution < 1.29 is 9.53 Å². The van der Waals surface area contributed by atoms with Gasteiger partial charge in [-0.05, 0) is 55.9 Å². The highest BCUT2D eigenvalue weighted by Gasteiger charge is 2.41. The van der Waals surface area contributed by atoms with Crippen LogP contribution in [-0.2, 0) is 4.74 Å². The molecule has 3 rings (SSSR count). The number of aryl methyl sites for hydroxylation is 1. The molecule has 1 saturated carbocycles. The molecule has 2 N–H and O–H groups in total. The number of amides is 1. The van der Waals surface area contributed by atoms with Crippen LogP contribution in [0.3, 0.4) is 0 Å². The Morgan fingerprint density at radius 2 is 2.10 bits per heavy atom. The third-order valence-electron chi connectivity index (χ3n) is 4.30. The van der Waals surface area contributed by atoms with Crippen LogP contribution in [-0.4, -0.2) is 31.7 Å². The molecule has 108 valence electrons. The van der Waals surface area contributed by atoms with Crippen molar-refractivity contribution in [1.29, 1.82) is 0 Å². The predicted molar refractivity (Wildman–Crippen MR) is 79.1 cm³/mol. The van der Waals surface area contributed by atoms with Gasteiger partial charge in [-0.25, -0.2) is 0 Å². The normalized spacial score (nSPS) is 25.5. The minimum Gasteiger partial charge on any atom is -0.388 e. The van der Waals surface area contributed by atoms with E-state index in [0.717, 1.165) is 29.8 Å². The SMILES string of the molecule is CNc1ccc(C(=O)NC2CCOC2C2CC2)c(C)c1. The zero-order valence-electron chi connectivity index (χ0n) is 12.1. The molecule has 1 saturated heterocycles. The number of hydrogen-bond acceptors (Lipinski definition) is 3. The van der Waals surface area contributed by atoms with Crippen molar-refractivity contribution in [3.8, 4) is 0 Å². The van der Waals surface area contributed by atoms with Crippen LogP contribution in [0, 0.1) is 12.8 Å². The van der Waals surface area contributed by atoms with E-state index in [9.17, 15) is 4.79 Å². The maximum absolute atomic E-state index is 12.4. The highest BCUT2D eigenvalue weighted by atomic mass is 16.5. The number of carbonyl (C=O) groups excluding carboxylic acids is 1. The third kappa shape index (κ3) is 2.66. The molecule has 1 heterocycles. The first-order valence-electron chi connectivity index (χ1n) is 7.40. The molecule has 1 amide bonds. The molecule has 1 aliphatic carbocycles. The molecule has 0 aromatic heterocycles. The van der Waals surface area contributed by atoms with Gasteiger partial charge in [0.1, 0.15) is 0 Å². The Kier molecular flexibility index (Phi) is 3.66.